The molecule has 82 valence electrons. The molecular formula is C12H17NO2. The van der Waals surface area contributed by atoms with Crippen LogP contribution in [0.15, 0.2) is 18.2 Å². The number of benzene rings is 1. The second-order valence-corrected chi connectivity index (χ2v) is 3.83. The van der Waals surface area contributed by atoms with Crippen LogP contribution >= 0.6 is 0 Å². The van der Waals surface area contributed by atoms with E-state index in [1.54, 1.807) is 12.1 Å². The number of phenols is 1. The van der Waals surface area contributed by atoms with Crippen molar-refractivity contribution in [1.82, 2.24) is 5.32 Å². The summed E-state index contributed by atoms with van der Waals surface area (Å²) in [5.74, 6) is -0.183. The van der Waals surface area contributed by atoms with Crippen LogP contribution in [0.3, 0.4) is 0 Å². The number of amides is 1. The topological polar surface area (TPSA) is 49.3 Å². The molecule has 0 aliphatic carbocycles. The zero-order valence-corrected chi connectivity index (χ0v) is 9.37. The first kappa shape index (κ1) is 11.6. The smallest absolute Gasteiger partial charge is 0.255 e. The van der Waals surface area contributed by atoms with Gasteiger partial charge < -0.3 is 10.4 Å². The summed E-state index contributed by atoms with van der Waals surface area (Å²) in [6.07, 6.45) is 0.847. The minimum absolute atomic E-state index is 0.0486. The third kappa shape index (κ3) is 2.98. The van der Waals surface area contributed by atoms with E-state index >= 15 is 0 Å². The number of carbonyl (C=O) groups is 1. The number of nitrogens with one attached hydrogen (secondary N) is 1. The number of hydrogen-bond donors (Lipinski definition) is 2. The molecule has 2 N–H and O–H groups in total. The Balaban J connectivity index is 2.90. The van der Waals surface area contributed by atoms with Crippen LogP contribution in [0.1, 0.15) is 36.7 Å². The molecule has 0 saturated carbocycles. The number of aromatic hydroxyl groups is 1. The van der Waals surface area contributed by atoms with Crippen LogP contribution in [-0.2, 0) is 6.42 Å². The lowest BCUT2D eigenvalue weighted by atomic mass is 10.1. The molecular weight excluding hydrogens is 190 g/mol. The first-order valence-electron chi connectivity index (χ1n) is 5.17. The van der Waals surface area contributed by atoms with Crippen LogP contribution < -0.4 is 5.32 Å². The van der Waals surface area contributed by atoms with Gasteiger partial charge in [0.05, 0.1) is 5.56 Å². The predicted octanol–water partition coefficient (Wildman–Crippen LogP) is 2.09. The van der Waals surface area contributed by atoms with E-state index in [4.69, 9.17) is 0 Å². The van der Waals surface area contributed by atoms with Crippen LogP contribution in [0.25, 0.3) is 0 Å². The molecule has 1 amide bonds. The minimum atomic E-state index is -0.231. The first-order valence-corrected chi connectivity index (χ1v) is 5.17. The van der Waals surface area contributed by atoms with Gasteiger partial charge in [-0.15, -0.1) is 0 Å². The van der Waals surface area contributed by atoms with Gasteiger partial charge in [0.25, 0.3) is 5.91 Å². The maximum absolute atomic E-state index is 11.6. The quantitative estimate of drug-likeness (QED) is 0.797. The van der Waals surface area contributed by atoms with Crippen molar-refractivity contribution in [2.24, 2.45) is 0 Å². The van der Waals surface area contributed by atoms with Crippen molar-refractivity contribution in [3.63, 3.8) is 0 Å². The second-order valence-electron chi connectivity index (χ2n) is 3.83. The Morgan fingerprint density at radius 3 is 2.60 bits per heavy atom. The molecule has 0 aromatic heterocycles. The molecule has 1 aromatic rings. The molecule has 0 bridgehead atoms. The van der Waals surface area contributed by atoms with Gasteiger partial charge in [-0.1, -0.05) is 13.0 Å². The molecule has 1 aromatic carbocycles. The normalized spacial score (nSPS) is 10.4. The predicted molar refractivity (Wildman–Crippen MR) is 60.1 cm³/mol. The minimum Gasteiger partial charge on any atom is -0.507 e. The van der Waals surface area contributed by atoms with Gasteiger partial charge in [-0.05, 0) is 38.0 Å². The van der Waals surface area contributed by atoms with Crippen LogP contribution in [0.5, 0.6) is 5.75 Å². The number of aryl methyl sites for hydroxylation is 1. The molecule has 0 radical (unpaired) electrons. The highest BCUT2D eigenvalue weighted by Gasteiger charge is 2.11. The molecule has 0 aliphatic heterocycles. The van der Waals surface area contributed by atoms with Gasteiger partial charge in [0.15, 0.2) is 0 Å². The van der Waals surface area contributed by atoms with E-state index in [2.05, 4.69) is 5.32 Å². The number of hydrogen-bond acceptors (Lipinski definition) is 2. The lowest BCUT2D eigenvalue weighted by Crippen LogP contribution is -2.30. The molecule has 0 atom stereocenters. The van der Waals surface area contributed by atoms with Crippen molar-refractivity contribution in [1.29, 1.82) is 0 Å². The van der Waals surface area contributed by atoms with Crippen molar-refractivity contribution in [2.45, 2.75) is 33.2 Å². The lowest BCUT2D eigenvalue weighted by molar-refractivity contribution is 0.0940. The summed E-state index contributed by atoms with van der Waals surface area (Å²) in [6, 6.07) is 5.22. The molecule has 3 nitrogen and oxygen atoms in total. The first-order chi connectivity index (χ1) is 7.04. The summed E-state index contributed by atoms with van der Waals surface area (Å²) in [4.78, 5) is 11.6. The van der Waals surface area contributed by atoms with E-state index < -0.39 is 0 Å². The van der Waals surface area contributed by atoms with E-state index in [0.29, 0.717) is 5.56 Å². The third-order valence-corrected chi connectivity index (χ3v) is 2.13. The van der Waals surface area contributed by atoms with Crippen LogP contribution in [0.4, 0.5) is 0 Å². The summed E-state index contributed by atoms with van der Waals surface area (Å²) in [5.41, 5.74) is 1.36. The van der Waals surface area contributed by atoms with Crippen LogP contribution in [-0.4, -0.2) is 17.1 Å². The second kappa shape index (κ2) is 4.82. The Kier molecular flexibility index (Phi) is 3.72. The van der Waals surface area contributed by atoms with Gasteiger partial charge in [-0.2, -0.15) is 0 Å². The highest BCUT2D eigenvalue weighted by atomic mass is 16.3. The van der Waals surface area contributed by atoms with E-state index in [9.17, 15) is 9.90 Å². The van der Waals surface area contributed by atoms with Gasteiger partial charge in [-0.25, -0.2) is 0 Å². The Morgan fingerprint density at radius 1 is 1.47 bits per heavy atom. The van der Waals surface area contributed by atoms with Crippen molar-refractivity contribution in [2.75, 3.05) is 0 Å². The third-order valence-electron chi connectivity index (χ3n) is 2.13. The summed E-state index contributed by atoms with van der Waals surface area (Å²) < 4.78 is 0. The summed E-state index contributed by atoms with van der Waals surface area (Å²) in [5, 5.41) is 12.4. The number of carbonyl (C=O) groups excluding carboxylic acids is 1. The molecule has 3 heteroatoms. The SMILES string of the molecule is CCc1ccc(C(=O)NC(C)C)c(O)c1. The Morgan fingerprint density at radius 2 is 2.13 bits per heavy atom. The average Bonchev–Trinajstić information content (AvgIpc) is 2.16. The highest BCUT2D eigenvalue weighted by molar-refractivity contribution is 5.97. The molecule has 0 heterocycles. The van der Waals surface area contributed by atoms with E-state index in [0.717, 1.165) is 12.0 Å². The lowest BCUT2D eigenvalue weighted by Gasteiger charge is -2.10. The standard InChI is InChI=1S/C12H17NO2/c1-4-9-5-6-10(11(14)7-9)12(15)13-8(2)3/h5-8,14H,4H2,1-3H3,(H,13,15). The zero-order chi connectivity index (χ0) is 11.4. The number of rotatable bonds is 3. The van der Waals surface area contributed by atoms with Crippen molar-refractivity contribution >= 4 is 5.91 Å². The van der Waals surface area contributed by atoms with Gasteiger partial charge in [0, 0.05) is 6.04 Å². The molecule has 0 aliphatic rings. The molecule has 0 fully saturated rings. The fraction of sp³-hybridized carbons (Fsp3) is 0.417. The van der Waals surface area contributed by atoms with E-state index in [1.807, 2.05) is 26.8 Å². The number of phenolic OH excluding ortho intramolecular Hbond substituents is 1. The summed E-state index contributed by atoms with van der Waals surface area (Å²) in [7, 11) is 0. The fourth-order valence-corrected chi connectivity index (χ4v) is 1.33. The van der Waals surface area contributed by atoms with E-state index in [-0.39, 0.29) is 17.7 Å². The van der Waals surface area contributed by atoms with Gasteiger partial charge in [-0.3, -0.25) is 4.79 Å². The Bertz CT molecular complexity index is 359. The molecule has 0 spiro atoms. The van der Waals surface area contributed by atoms with Crippen LogP contribution in [0, 0.1) is 0 Å². The molecule has 0 saturated heterocycles. The van der Waals surface area contributed by atoms with Gasteiger partial charge in [0.1, 0.15) is 5.75 Å². The summed E-state index contributed by atoms with van der Waals surface area (Å²) in [6.45, 7) is 5.77. The van der Waals surface area contributed by atoms with E-state index in [1.165, 1.54) is 0 Å². The highest BCUT2D eigenvalue weighted by Crippen LogP contribution is 2.19. The van der Waals surface area contributed by atoms with Crippen molar-refractivity contribution < 1.29 is 9.90 Å². The Labute approximate surface area is 90.1 Å². The van der Waals surface area contributed by atoms with Gasteiger partial charge >= 0.3 is 0 Å². The maximum Gasteiger partial charge on any atom is 0.255 e. The molecule has 15 heavy (non-hydrogen) atoms. The maximum atomic E-state index is 11.6. The van der Waals surface area contributed by atoms with Crippen LogP contribution in [0.2, 0.25) is 0 Å². The monoisotopic (exact) mass is 207 g/mol. The fourth-order valence-electron chi connectivity index (χ4n) is 1.33. The van der Waals surface area contributed by atoms with Crippen molar-refractivity contribution in [3.8, 4) is 5.75 Å². The van der Waals surface area contributed by atoms with Gasteiger partial charge in [0.2, 0.25) is 0 Å². The van der Waals surface area contributed by atoms with Crippen molar-refractivity contribution in [3.05, 3.63) is 29.3 Å². The zero-order valence-electron chi connectivity index (χ0n) is 9.37. The Hall–Kier alpha value is -1.51. The molecule has 0 unspecified atom stereocenters. The molecule has 1 rings (SSSR count). The summed E-state index contributed by atoms with van der Waals surface area (Å²) >= 11 is 0. The average molecular weight is 207 g/mol. The largest absolute Gasteiger partial charge is 0.507 e.